The second-order valence-electron chi connectivity index (χ2n) is 7.34. The zero-order valence-electron chi connectivity index (χ0n) is 16.3. The van der Waals surface area contributed by atoms with Crippen LogP contribution in [0.25, 0.3) is 0 Å². The van der Waals surface area contributed by atoms with Crippen molar-refractivity contribution in [1.29, 1.82) is 0 Å². The summed E-state index contributed by atoms with van der Waals surface area (Å²) in [6, 6.07) is 0.215. The van der Waals surface area contributed by atoms with Gasteiger partial charge in [0.2, 0.25) is 5.95 Å². The summed E-state index contributed by atoms with van der Waals surface area (Å²) in [6.45, 7) is 6.54. The lowest BCUT2D eigenvalue weighted by atomic mass is 10.0. The van der Waals surface area contributed by atoms with E-state index in [0.717, 1.165) is 44.6 Å². The Balaban J connectivity index is 1.29. The van der Waals surface area contributed by atoms with Crippen LogP contribution in [0.1, 0.15) is 32.6 Å². The van der Waals surface area contributed by atoms with Gasteiger partial charge in [0.25, 0.3) is 0 Å². The van der Waals surface area contributed by atoms with Gasteiger partial charge < -0.3 is 29.3 Å². The minimum Gasteiger partial charge on any atom is -0.450 e. The third-order valence-corrected chi connectivity index (χ3v) is 5.56. The molecule has 0 saturated carbocycles. The van der Waals surface area contributed by atoms with Crippen LogP contribution in [-0.2, 0) is 14.2 Å². The van der Waals surface area contributed by atoms with E-state index in [4.69, 9.17) is 14.2 Å². The predicted octanol–water partition coefficient (Wildman–Crippen LogP) is 1.25. The maximum atomic E-state index is 11.8. The molecule has 3 aliphatic heterocycles. The summed E-state index contributed by atoms with van der Waals surface area (Å²) in [4.78, 5) is 20.4. The molecule has 10 nitrogen and oxygen atoms in total. The molecule has 4 rings (SSSR count). The maximum Gasteiger partial charge on any atom is 0.409 e. The van der Waals surface area contributed by atoms with Crippen LogP contribution < -0.4 is 10.2 Å². The van der Waals surface area contributed by atoms with Gasteiger partial charge in [-0.05, 0) is 19.8 Å². The number of rotatable bonds is 4. The van der Waals surface area contributed by atoms with Crippen LogP contribution >= 0.6 is 0 Å². The summed E-state index contributed by atoms with van der Waals surface area (Å²) in [5, 5.41) is 11.6. The Morgan fingerprint density at radius 2 is 1.96 bits per heavy atom. The lowest BCUT2D eigenvalue weighted by molar-refractivity contribution is -0.169. The van der Waals surface area contributed by atoms with Crippen molar-refractivity contribution in [1.82, 2.24) is 20.1 Å². The van der Waals surface area contributed by atoms with Crippen LogP contribution in [0.15, 0.2) is 6.20 Å². The van der Waals surface area contributed by atoms with Crippen LogP contribution in [0, 0.1) is 0 Å². The van der Waals surface area contributed by atoms with Crippen LogP contribution in [0.2, 0.25) is 0 Å². The molecular formula is C18H28N6O4. The van der Waals surface area contributed by atoms with E-state index in [-0.39, 0.29) is 12.1 Å². The molecule has 1 aromatic rings. The van der Waals surface area contributed by atoms with Gasteiger partial charge in [0.05, 0.1) is 26.0 Å². The van der Waals surface area contributed by atoms with Crippen LogP contribution in [-0.4, -0.2) is 84.0 Å². The molecule has 0 unspecified atom stereocenters. The third kappa shape index (κ3) is 4.27. The molecule has 0 radical (unpaired) electrons. The molecule has 1 N–H and O–H groups in total. The van der Waals surface area contributed by atoms with Crippen molar-refractivity contribution in [3.63, 3.8) is 0 Å². The first-order valence-corrected chi connectivity index (χ1v) is 10.1. The molecule has 3 saturated heterocycles. The molecule has 28 heavy (non-hydrogen) atoms. The van der Waals surface area contributed by atoms with E-state index in [1.807, 2.05) is 6.92 Å². The molecule has 0 aromatic carbocycles. The summed E-state index contributed by atoms with van der Waals surface area (Å²) in [5.41, 5.74) is 0. The molecular weight excluding hydrogens is 364 g/mol. The highest BCUT2D eigenvalue weighted by molar-refractivity contribution is 5.67. The molecule has 1 spiro atoms. The molecule has 0 atom stereocenters. The number of ether oxygens (including phenoxy) is 3. The summed E-state index contributed by atoms with van der Waals surface area (Å²) in [7, 11) is 0. The Morgan fingerprint density at radius 1 is 1.25 bits per heavy atom. The third-order valence-electron chi connectivity index (χ3n) is 5.56. The zero-order valence-corrected chi connectivity index (χ0v) is 16.3. The van der Waals surface area contributed by atoms with E-state index >= 15 is 0 Å². The largest absolute Gasteiger partial charge is 0.450 e. The standard InChI is InChI=1S/C18H28N6O4/c1-2-26-17(25)24-7-3-14(4-8-24)20-16-21-15(13-19-22-16)23-9-5-18(6-10-23)27-11-12-28-18/h13-14H,2-12H2,1H3,(H,20,21,22). The lowest BCUT2D eigenvalue weighted by Gasteiger charge is -2.38. The van der Waals surface area contributed by atoms with Gasteiger partial charge in [0.1, 0.15) is 0 Å². The van der Waals surface area contributed by atoms with Crippen molar-refractivity contribution in [2.24, 2.45) is 0 Å². The normalized spacial score (nSPS) is 22.5. The monoisotopic (exact) mass is 392 g/mol. The quantitative estimate of drug-likeness (QED) is 0.811. The van der Waals surface area contributed by atoms with Gasteiger partial charge in [-0.1, -0.05) is 0 Å². The number of hydrogen-bond donors (Lipinski definition) is 1. The number of carbonyl (C=O) groups is 1. The fourth-order valence-corrected chi connectivity index (χ4v) is 3.97. The first-order chi connectivity index (χ1) is 13.7. The lowest BCUT2D eigenvalue weighted by Crippen LogP contribution is -2.45. The van der Waals surface area contributed by atoms with Gasteiger partial charge in [-0.15, -0.1) is 5.10 Å². The smallest absolute Gasteiger partial charge is 0.409 e. The molecule has 1 amide bonds. The summed E-state index contributed by atoms with van der Waals surface area (Å²) >= 11 is 0. The first-order valence-electron chi connectivity index (χ1n) is 10.1. The van der Waals surface area contributed by atoms with Gasteiger partial charge >= 0.3 is 6.09 Å². The number of nitrogens with one attached hydrogen (secondary N) is 1. The number of amides is 1. The van der Waals surface area contributed by atoms with Crippen LogP contribution in [0.3, 0.4) is 0 Å². The first kappa shape index (κ1) is 19.1. The molecule has 0 bridgehead atoms. The summed E-state index contributed by atoms with van der Waals surface area (Å²) in [5.74, 6) is 0.945. The average Bonchev–Trinajstić information content (AvgIpc) is 3.17. The molecule has 4 heterocycles. The number of nitrogens with zero attached hydrogens (tertiary/aromatic N) is 5. The molecule has 154 valence electrons. The van der Waals surface area contributed by atoms with Crippen molar-refractivity contribution in [2.75, 3.05) is 56.2 Å². The van der Waals surface area contributed by atoms with Crippen molar-refractivity contribution in [2.45, 2.75) is 44.4 Å². The van der Waals surface area contributed by atoms with Gasteiger partial charge in [-0.25, -0.2) is 4.79 Å². The van der Waals surface area contributed by atoms with Crippen LogP contribution in [0.5, 0.6) is 0 Å². The van der Waals surface area contributed by atoms with Crippen molar-refractivity contribution < 1.29 is 19.0 Å². The molecule has 3 fully saturated rings. The molecule has 0 aliphatic carbocycles. The number of hydrogen-bond acceptors (Lipinski definition) is 9. The van der Waals surface area contributed by atoms with E-state index in [9.17, 15) is 4.79 Å². The second-order valence-corrected chi connectivity index (χ2v) is 7.34. The van der Waals surface area contributed by atoms with E-state index in [0.29, 0.717) is 38.9 Å². The van der Waals surface area contributed by atoms with Gasteiger partial charge in [0, 0.05) is 45.1 Å². The van der Waals surface area contributed by atoms with E-state index in [2.05, 4.69) is 25.4 Å². The molecule has 10 heteroatoms. The minimum absolute atomic E-state index is 0.215. The fraction of sp³-hybridized carbons (Fsp3) is 0.778. The van der Waals surface area contributed by atoms with Gasteiger partial charge in [-0.3, -0.25) is 0 Å². The summed E-state index contributed by atoms with van der Waals surface area (Å²) in [6.07, 6.45) is 4.76. The van der Waals surface area contributed by atoms with Crippen molar-refractivity contribution in [3.8, 4) is 0 Å². The Bertz CT molecular complexity index is 666. The predicted molar refractivity (Wildman–Crippen MR) is 101 cm³/mol. The van der Waals surface area contributed by atoms with Gasteiger partial charge in [0.15, 0.2) is 11.6 Å². The Labute approximate surface area is 164 Å². The van der Waals surface area contributed by atoms with E-state index in [1.54, 1.807) is 11.1 Å². The minimum atomic E-state index is -0.398. The molecule has 3 aliphatic rings. The van der Waals surface area contributed by atoms with Crippen molar-refractivity contribution in [3.05, 3.63) is 6.20 Å². The number of likely N-dealkylation sites (tertiary alicyclic amines) is 1. The van der Waals surface area contributed by atoms with Gasteiger partial charge in [-0.2, -0.15) is 10.1 Å². The SMILES string of the molecule is CCOC(=O)N1CCC(Nc2nncc(N3CCC4(CC3)OCCO4)n2)CC1. The Kier molecular flexibility index (Phi) is 5.77. The highest BCUT2D eigenvalue weighted by Gasteiger charge is 2.40. The van der Waals surface area contributed by atoms with Crippen LogP contribution in [0.4, 0.5) is 16.6 Å². The topological polar surface area (TPSA) is 102 Å². The van der Waals surface area contributed by atoms with E-state index in [1.165, 1.54) is 0 Å². The Hall–Kier alpha value is -2.20. The second kappa shape index (κ2) is 8.44. The number of anilines is 2. The number of piperidine rings is 2. The highest BCUT2D eigenvalue weighted by Crippen LogP contribution is 2.32. The molecule has 1 aromatic heterocycles. The Morgan fingerprint density at radius 3 is 2.64 bits per heavy atom. The fourth-order valence-electron chi connectivity index (χ4n) is 3.97. The highest BCUT2D eigenvalue weighted by atomic mass is 16.7. The number of carbonyl (C=O) groups excluding carboxylic acids is 1. The van der Waals surface area contributed by atoms with Crippen molar-refractivity contribution >= 4 is 17.9 Å². The number of aromatic nitrogens is 3. The summed E-state index contributed by atoms with van der Waals surface area (Å²) < 4.78 is 16.6. The van der Waals surface area contributed by atoms with E-state index < -0.39 is 5.79 Å². The zero-order chi connectivity index (χ0) is 19.4. The maximum absolute atomic E-state index is 11.8. The average molecular weight is 392 g/mol.